The van der Waals surface area contributed by atoms with Gasteiger partial charge in [0.15, 0.2) is 0 Å². The molecule has 3 nitrogen and oxygen atoms in total. The van der Waals surface area contributed by atoms with Crippen LogP contribution in [0.15, 0.2) is 200 Å². The molecule has 0 unspecified atom stereocenters. The molecule has 0 amide bonds. The van der Waals surface area contributed by atoms with Gasteiger partial charge in [-0.05, 0) is 168 Å². The van der Waals surface area contributed by atoms with E-state index < -0.39 is 0 Å². The molecular weight excluding hydrogens is 906 g/mol. The lowest BCUT2D eigenvalue weighted by Gasteiger charge is -2.45. The Morgan fingerprint density at radius 1 is 0.333 bits per heavy atom. The molecule has 0 aromatic heterocycles. The minimum absolute atomic E-state index is 0.00801. The van der Waals surface area contributed by atoms with Gasteiger partial charge in [-0.2, -0.15) is 0 Å². The van der Waals surface area contributed by atoms with Crippen molar-refractivity contribution in [1.82, 2.24) is 0 Å². The molecule has 4 heteroatoms. The van der Waals surface area contributed by atoms with E-state index in [1.165, 1.54) is 94.9 Å². The van der Waals surface area contributed by atoms with E-state index in [-0.39, 0.29) is 28.4 Å². The summed E-state index contributed by atoms with van der Waals surface area (Å²) in [5.74, 6) is 0. The highest BCUT2D eigenvalue weighted by molar-refractivity contribution is 7.00. The molecule has 2 heterocycles. The number of fused-ring (bicyclic) bond motifs is 4. The Balaban J connectivity index is 1.23. The van der Waals surface area contributed by atoms with E-state index in [4.69, 9.17) is 0 Å². The van der Waals surface area contributed by atoms with Crippen molar-refractivity contribution < 1.29 is 0 Å². The Kier molecular flexibility index (Phi) is 12.2. The summed E-state index contributed by atoms with van der Waals surface area (Å²) in [7, 11) is 0. The van der Waals surface area contributed by atoms with Crippen molar-refractivity contribution in [3.05, 3.63) is 228 Å². The van der Waals surface area contributed by atoms with Crippen LogP contribution < -0.4 is 31.1 Å². The molecule has 2 aliphatic heterocycles. The molecule has 11 rings (SSSR count). The summed E-state index contributed by atoms with van der Waals surface area (Å²) < 4.78 is 0. The van der Waals surface area contributed by atoms with E-state index in [0.29, 0.717) is 0 Å². The second-order valence-electron chi connectivity index (χ2n) is 25.3. The second-order valence-corrected chi connectivity index (χ2v) is 25.3. The fourth-order valence-electron chi connectivity index (χ4n) is 11.4. The molecule has 0 N–H and O–H groups in total. The topological polar surface area (TPSA) is 9.72 Å². The number of hydrogen-bond donors (Lipinski definition) is 0. The molecule has 9 aromatic rings. The lowest BCUT2D eigenvalue weighted by Crippen LogP contribution is -2.61. The van der Waals surface area contributed by atoms with Gasteiger partial charge in [0, 0.05) is 51.1 Å². The van der Waals surface area contributed by atoms with Gasteiger partial charge in [-0.25, -0.2) is 0 Å². The third-order valence-electron chi connectivity index (χ3n) is 15.7. The number of rotatable bonds is 7. The molecule has 0 radical (unpaired) electrons. The van der Waals surface area contributed by atoms with Crippen LogP contribution in [-0.2, 0) is 21.7 Å². The molecule has 0 fully saturated rings. The average molecular weight is 978 g/mol. The zero-order chi connectivity index (χ0) is 52.8. The number of aryl methyl sites for hydroxylation is 1. The molecule has 0 atom stereocenters. The molecule has 0 saturated heterocycles. The Morgan fingerprint density at radius 2 is 0.827 bits per heavy atom. The van der Waals surface area contributed by atoms with Gasteiger partial charge < -0.3 is 14.7 Å². The van der Waals surface area contributed by atoms with Crippen molar-refractivity contribution in [2.75, 3.05) is 14.7 Å². The van der Waals surface area contributed by atoms with Gasteiger partial charge in [0.05, 0.1) is 5.69 Å². The lowest BCUT2D eigenvalue weighted by molar-refractivity contribution is 0.569. The fraction of sp³-hybridized carbons (Fsp3) is 0.239. The van der Waals surface area contributed by atoms with E-state index in [1.807, 2.05) is 0 Å². The van der Waals surface area contributed by atoms with Crippen molar-refractivity contribution in [2.24, 2.45) is 0 Å². The van der Waals surface area contributed by atoms with Crippen molar-refractivity contribution in [1.29, 1.82) is 0 Å². The molecule has 75 heavy (non-hydrogen) atoms. The van der Waals surface area contributed by atoms with Crippen LogP contribution in [0.5, 0.6) is 0 Å². The highest BCUT2D eigenvalue weighted by atomic mass is 15.2. The number of anilines is 9. The van der Waals surface area contributed by atoms with E-state index >= 15 is 0 Å². The van der Waals surface area contributed by atoms with Gasteiger partial charge in [-0.15, -0.1) is 0 Å². The van der Waals surface area contributed by atoms with Crippen molar-refractivity contribution in [3.8, 4) is 22.3 Å². The third kappa shape index (κ3) is 9.17. The molecule has 374 valence electrons. The Bertz CT molecular complexity index is 3510. The summed E-state index contributed by atoms with van der Waals surface area (Å²) >= 11 is 0. The highest BCUT2D eigenvalue weighted by Crippen LogP contribution is 2.50. The highest BCUT2D eigenvalue weighted by Gasteiger charge is 2.44. The SMILES string of the molecule is Cc1cc2c3c(c1)N(c1ccc(C(C)(C)C)cc1-c1cc(C(C)(C)C)cc(C(C)(C)C)c1)c1cc(-c4ccccc4)ccc1B3c1ccc(N(c3ccccc3)c3ccccc3)cc1N2c1ccc(C(C)(C)C)cc1. The monoisotopic (exact) mass is 978 g/mol. The fourth-order valence-corrected chi connectivity index (χ4v) is 11.4. The van der Waals surface area contributed by atoms with Crippen LogP contribution in [0.3, 0.4) is 0 Å². The normalized spacial score (nSPS) is 13.3. The summed E-state index contributed by atoms with van der Waals surface area (Å²) in [6.45, 7) is 30.2. The van der Waals surface area contributed by atoms with E-state index in [9.17, 15) is 0 Å². The minimum Gasteiger partial charge on any atom is -0.311 e. The summed E-state index contributed by atoms with van der Waals surface area (Å²) in [5.41, 5.74) is 25.6. The predicted octanol–water partition coefficient (Wildman–Crippen LogP) is 18.1. The van der Waals surface area contributed by atoms with Crippen LogP contribution in [0.2, 0.25) is 0 Å². The number of para-hydroxylation sites is 2. The zero-order valence-corrected chi connectivity index (χ0v) is 46.5. The molecule has 0 spiro atoms. The van der Waals surface area contributed by atoms with Crippen LogP contribution >= 0.6 is 0 Å². The van der Waals surface area contributed by atoms with Crippen molar-refractivity contribution in [3.63, 3.8) is 0 Å². The van der Waals surface area contributed by atoms with Crippen molar-refractivity contribution in [2.45, 2.75) is 112 Å². The maximum absolute atomic E-state index is 2.64. The minimum atomic E-state index is -0.0716. The standard InChI is InChI=1S/C71H72BN3/c1-47-39-65-67-66(40-47)75(62-38-32-52(69(5,6)7)45-59(62)50-41-53(70(8,9)10)44-54(42-50)71(11,12)13)63-43-49(48-23-17-14-18-24-48)29-36-60(63)72(67)61-37-35-58(73(55-25-19-15-20-26-55)56-27-21-16-22-28-56)46-64(61)74(65)57-33-30-51(31-34-57)68(2,3)4/h14-46H,1-13H3. The predicted molar refractivity (Wildman–Crippen MR) is 326 cm³/mol. The Hall–Kier alpha value is -7.56. The van der Waals surface area contributed by atoms with E-state index in [2.05, 4.69) is 305 Å². The largest absolute Gasteiger partial charge is 0.311 e. The van der Waals surface area contributed by atoms with Gasteiger partial charge in [0.25, 0.3) is 6.71 Å². The summed E-state index contributed by atoms with van der Waals surface area (Å²) in [6.07, 6.45) is 0. The van der Waals surface area contributed by atoms with Crippen LogP contribution in [0.4, 0.5) is 51.2 Å². The molecular formula is C71H72BN3. The first-order chi connectivity index (χ1) is 35.6. The van der Waals surface area contributed by atoms with Gasteiger partial charge in [0.2, 0.25) is 0 Å². The van der Waals surface area contributed by atoms with Crippen LogP contribution in [0.25, 0.3) is 22.3 Å². The van der Waals surface area contributed by atoms with E-state index in [0.717, 1.165) is 22.7 Å². The molecule has 2 aliphatic rings. The van der Waals surface area contributed by atoms with Crippen LogP contribution in [0, 0.1) is 6.92 Å². The summed E-state index contributed by atoms with van der Waals surface area (Å²) in [5, 5.41) is 0. The second kappa shape index (κ2) is 18.4. The molecule has 0 aliphatic carbocycles. The number of benzene rings is 9. The first-order valence-electron chi connectivity index (χ1n) is 27.0. The molecule has 0 bridgehead atoms. The van der Waals surface area contributed by atoms with Gasteiger partial charge >= 0.3 is 0 Å². The van der Waals surface area contributed by atoms with Crippen molar-refractivity contribution >= 4 is 74.3 Å². The van der Waals surface area contributed by atoms with Crippen LogP contribution in [-0.4, -0.2) is 6.71 Å². The Labute approximate surface area is 448 Å². The molecule has 9 aromatic carbocycles. The summed E-state index contributed by atoms with van der Waals surface area (Å²) in [4.78, 5) is 7.60. The van der Waals surface area contributed by atoms with Gasteiger partial charge in [-0.1, -0.05) is 204 Å². The van der Waals surface area contributed by atoms with Gasteiger partial charge in [-0.3, -0.25) is 0 Å². The Morgan fingerprint density at radius 3 is 1.37 bits per heavy atom. The smallest absolute Gasteiger partial charge is 0.252 e. The lowest BCUT2D eigenvalue weighted by atomic mass is 9.33. The first kappa shape index (κ1) is 49.6. The first-order valence-corrected chi connectivity index (χ1v) is 27.0. The number of hydrogen-bond acceptors (Lipinski definition) is 3. The zero-order valence-electron chi connectivity index (χ0n) is 46.5. The quantitative estimate of drug-likeness (QED) is 0.147. The maximum atomic E-state index is 2.64. The summed E-state index contributed by atoms with van der Waals surface area (Å²) in [6, 6.07) is 76.0. The molecule has 0 saturated carbocycles. The third-order valence-corrected chi connectivity index (χ3v) is 15.7. The van der Waals surface area contributed by atoms with Crippen LogP contribution in [0.1, 0.15) is 111 Å². The number of nitrogens with zero attached hydrogens (tertiary/aromatic N) is 3. The van der Waals surface area contributed by atoms with Gasteiger partial charge in [0.1, 0.15) is 0 Å². The van der Waals surface area contributed by atoms with E-state index in [1.54, 1.807) is 0 Å². The maximum Gasteiger partial charge on any atom is 0.252 e. The average Bonchev–Trinajstić information content (AvgIpc) is 3.38.